The van der Waals surface area contributed by atoms with Gasteiger partial charge in [0.2, 0.25) is 0 Å². The molecule has 2 saturated carbocycles. The van der Waals surface area contributed by atoms with Gasteiger partial charge < -0.3 is 15.7 Å². The molecule has 0 aromatic carbocycles. The van der Waals surface area contributed by atoms with E-state index in [-0.39, 0.29) is 0 Å². The minimum Gasteiger partial charge on any atom is -0.479 e. The van der Waals surface area contributed by atoms with Crippen LogP contribution in [0.4, 0.5) is 4.79 Å². The Morgan fingerprint density at radius 1 is 1.45 bits per heavy atom. The molecule has 20 heavy (non-hydrogen) atoms. The molecule has 1 unspecified atom stereocenters. The van der Waals surface area contributed by atoms with Gasteiger partial charge in [0.1, 0.15) is 0 Å². The molecule has 6 heteroatoms. The summed E-state index contributed by atoms with van der Waals surface area (Å²) in [6.07, 6.45) is 4.92. The van der Waals surface area contributed by atoms with Gasteiger partial charge in [0, 0.05) is 11.4 Å². The van der Waals surface area contributed by atoms with Crippen LogP contribution < -0.4 is 10.6 Å². The lowest BCUT2D eigenvalue weighted by Crippen LogP contribution is -2.43. The summed E-state index contributed by atoms with van der Waals surface area (Å²) < 4.78 is 0. The van der Waals surface area contributed by atoms with E-state index in [9.17, 15) is 14.7 Å². The maximum absolute atomic E-state index is 11.9. The first-order valence-corrected chi connectivity index (χ1v) is 7.79. The summed E-state index contributed by atoms with van der Waals surface area (Å²) in [7, 11) is 0. The van der Waals surface area contributed by atoms with Gasteiger partial charge in [-0.05, 0) is 48.5 Å². The molecular formula is C14H18N2O3S. The summed E-state index contributed by atoms with van der Waals surface area (Å²) in [4.78, 5) is 23.8. The number of carboxylic acids is 1. The molecule has 3 N–H and O–H groups in total. The third-order valence-electron chi connectivity index (χ3n) is 4.29. The quantitative estimate of drug-likeness (QED) is 0.753. The summed E-state index contributed by atoms with van der Waals surface area (Å²) in [5, 5.41) is 16.4. The van der Waals surface area contributed by atoms with Crippen molar-refractivity contribution in [1.29, 1.82) is 0 Å². The molecule has 5 nitrogen and oxygen atoms in total. The molecule has 2 aliphatic carbocycles. The van der Waals surface area contributed by atoms with Crippen LogP contribution in [0.15, 0.2) is 17.5 Å². The van der Waals surface area contributed by atoms with Gasteiger partial charge in [-0.1, -0.05) is 6.07 Å². The topological polar surface area (TPSA) is 78.4 Å². The number of amides is 2. The fraction of sp³-hybridized carbons (Fsp3) is 0.571. The number of rotatable bonds is 6. The highest BCUT2D eigenvalue weighted by molar-refractivity contribution is 7.10. The fourth-order valence-corrected chi connectivity index (χ4v) is 3.50. The van der Waals surface area contributed by atoms with E-state index in [0.29, 0.717) is 16.8 Å². The monoisotopic (exact) mass is 294 g/mol. The normalized spacial score (nSPS) is 21.0. The zero-order valence-corrected chi connectivity index (χ0v) is 11.9. The average Bonchev–Trinajstić information content (AvgIpc) is 3.32. The Bertz CT molecular complexity index is 506. The second kappa shape index (κ2) is 5.09. The van der Waals surface area contributed by atoms with Crippen molar-refractivity contribution in [2.24, 2.45) is 11.3 Å². The summed E-state index contributed by atoms with van der Waals surface area (Å²) in [6.45, 7) is 0.667. The highest BCUT2D eigenvalue weighted by Crippen LogP contribution is 2.60. The average molecular weight is 294 g/mol. The molecule has 1 atom stereocenters. The van der Waals surface area contributed by atoms with Gasteiger partial charge in [0.05, 0.1) is 0 Å². The van der Waals surface area contributed by atoms with Crippen molar-refractivity contribution in [3.8, 4) is 0 Å². The molecule has 0 bridgehead atoms. The number of nitrogens with one attached hydrogen (secondary N) is 2. The fourth-order valence-electron chi connectivity index (χ4n) is 2.73. The molecule has 2 fully saturated rings. The predicted molar refractivity (Wildman–Crippen MR) is 75.6 cm³/mol. The number of hydrogen-bond acceptors (Lipinski definition) is 3. The van der Waals surface area contributed by atoms with E-state index in [4.69, 9.17) is 0 Å². The van der Waals surface area contributed by atoms with Crippen LogP contribution in [-0.2, 0) is 4.79 Å². The van der Waals surface area contributed by atoms with Crippen LogP contribution in [0.2, 0.25) is 0 Å². The van der Waals surface area contributed by atoms with E-state index >= 15 is 0 Å². The molecule has 0 radical (unpaired) electrons. The molecule has 1 aromatic rings. The number of thiophene rings is 1. The van der Waals surface area contributed by atoms with Crippen molar-refractivity contribution in [3.63, 3.8) is 0 Å². The first-order valence-electron chi connectivity index (χ1n) is 6.91. The van der Waals surface area contributed by atoms with Crippen molar-refractivity contribution in [2.75, 3.05) is 6.54 Å². The zero-order chi connectivity index (χ0) is 14.2. The number of carbonyl (C=O) groups excluding carboxylic acids is 1. The summed E-state index contributed by atoms with van der Waals surface area (Å²) >= 11 is 1.33. The van der Waals surface area contributed by atoms with Crippen LogP contribution in [0, 0.1) is 11.3 Å². The van der Waals surface area contributed by atoms with Gasteiger partial charge >= 0.3 is 12.0 Å². The predicted octanol–water partition coefficient (Wildman–Crippen LogP) is 2.36. The smallest absolute Gasteiger partial charge is 0.331 e. The van der Waals surface area contributed by atoms with Crippen molar-refractivity contribution < 1.29 is 14.7 Å². The molecule has 0 spiro atoms. The van der Waals surface area contributed by atoms with Gasteiger partial charge in [0.25, 0.3) is 0 Å². The molecule has 108 valence electrons. The first kappa shape index (κ1) is 13.4. The Morgan fingerprint density at radius 3 is 2.70 bits per heavy atom. The maximum Gasteiger partial charge on any atom is 0.331 e. The van der Waals surface area contributed by atoms with E-state index in [1.54, 1.807) is 17.5 Å². The summed E-state index contributed by atoms with van der Waals surface area (Å²) in [5.74, 6) is -0.263. The van der Waals surface area contributed by atoms with Crippen LogP contribution in [0.5, 0.6) is 0 Å². The Morgan fingerprint density at radius 2 is 2.20 bits per heavy atom. The Labute approximate surface area is 121 Å². The van der Waals surface area contributed by atoms with E-state index in [1.807, 2.05) is 0 Å². The third-order valence-corrected chi connectivity index (χ3v) is 5.22. The SMILES string of the molecule is O=C(NCC1(C2CC2)CC1)NC(C(=O)O)c1cccs1. The zero-order valence-electron chi connectivity index (χ0n) is 11.1. The minimum absolute atomic E-state index is 0.318. The number of carbonyl (C=O) groups is 2. The lowest BCUT2D eigenvalue weighted by molar-refractivity contribution is -0.139. The van der Waals surface area contributed by atoms with E-state index in [1.165, 1.54) is 37.0 Å². The number of carboxylic acid groups (broad SMARTS) is 1. The molecule has 1 aromatic heterocycles. The van der Waals surface area contributed by atoms with Gasteiger partial charge in [-0.3, -0.25) is 0 Å². The Kier molecular flexibility index (Phi) is 3.41. The second-order valence-electron chi connectivity index (χ2n) is 5.75. The molecule has 3 rings (SSSR count). The highest BCUT2D eigenvalue weighted by atomic mass is 32.1. The molecule has 1 heterocycles. The highest BCUT2D eigenvalue weighted by Gasteiger charge is 2.53. The lowest BCUT2D eigenvalue weighted by Gasteiger charge is -2.17. The Balaban J connectivity index is 1.53. The van der Waals surface area contributed by atoms with Gasteiger partial charge in [0.15, 0.2) is 6.04 Å². The summed E-state index contributed by atoms with van der Waals surface area (Å²) in [5.41, 5.74) is 0.318. The Hall–Kier alpha value is -1.56. The first-order chi connectivity index (χ1) is 9.61. The molecule has 0 saturated heterocycles. The minimum atomic E-state index is -1.04. The van der Waals surface area contributed by atoms with Crippen LogP contribution >= 0.6 is 11.3 Å². The second-order valence-corrected chi connectivity index (χ2v) is 6.73. The van der Waals surface area contributed by atoms with Crippen molar-refractivity contribution in [2.45, 2.75) is 31.7 Å². The van der Waals surface area contributed by atoms with Crippen molar-refractivity contribution in [1.82, 2.24) is 10.6 Å². The maximum atomic E-state index is 11.9. The molecular weight excluding hydrogens is 276 g/mol. The van der Waals surface area contributed by atoms with Crippen LogP contribution in [0.25, 0.3) is 0 Å². The lowest BCUT2D eigenvalue weighted by atomic mass is 10.0. The summed E-state index contributed by atoms with van der Waals surface area (Å²) in [6, 6.07) is 2.14. The van der Waals surface area contributed by atoms with Crippen LogP contribution in [0.1, 0.15) is 36.6 Å². The number of aliphatic carboxylic acids is 1. The van der Waals surface area contributed by atoms with Gasteiger partial charge in [-0.2, -0.15) is 0 Å². The molecule has 2 amide bonds. The van der Waals surface area contributed by atoms with Crippen LogP contribution in [-0.4, -0.2) is 23.7 Å². The van der Waals surface area contributed by atoms with Crippen LogP contribution in [0.3, 0.4) is 0 Å². The van der Waals surface area contributed by atoms with Gasteiger partial charge in [-0.15, -0.1) is 11.3 Å². The van der Waals surface area contributed by atoms with E-state index in [0.717, 1.165) is 5.92 Å². The van der Waals surface area contributed by atoms with E-state index in [2.05, 4.69) is 10.6 Å². The van der Waals surface area contributed by atoms with Crippen molar-refractivity contribution in [3.05, 3.63) is 22.4 Å². The third kappa shape index (κ3) is 2.80. The number of hydrogen-bond donors (Lipinski definition) is 3. The molecule has 2 aliphatic rings. The largest absolute Gasteiger partial charge is 0.479 e. The standard InChI is InChI=1S/C14H18N2O3S/c17-12(18)11(10-2-1-7-20-10)16-13(19)15-8-14(5-6-14)9-3-4-9/h1-2,7,9,11H,3-6,8H2,(H,17,18)(H2,15,16,19). The van der Waals surface area contributed by atoms with Gasteiger partial charge in [-0.25, -0.2) is 9.59 Å². The number of urea groups is 1. The van der Waals surface area contributed by atoms with Crippen molar-refractivity contribution >= 4 is 23.3 Å². The molecule has 0 aliphatic heterocycles. The van der Waals surface area contributed by atoms with E-state index < -0.39 is 18.0 Å².